The highest BCUT2D eigenvalue weighted by molar-refractivity contribution is 5.94. The van der Waals surface area contributed by atoms with Gasteiger partial charge >= 0.3 is 0 Å². The number of nitrogens with one attached hydrogen (secondary N) is 1. The standard InChI is InChI=1S/C14H14N2O3/c17-9-3-4-10-11(13-2-1-7-15-13)5-6-14(16(18)19)12(10)8-9/h3-6,8,13,15,17H,1-2,7H2. The van der Waals surface area contributed by atoms with Crippen LogP contribution in [0.25, 0.3) is 10.8 Å². The average Bonchev–Trinajstić information content (AvgIpc) is 2.90. The van der Waals surface area contributed by atoms with Crippen molar-refractivity contribution in [2.45, 2.75) is 18.9 Å². The Bertz CT molecular complexity index is 648. The van der Waals surface area contributed by atoms with Crippen LogP contribution in [0, 0.1) is 10.1 Å². The van der Waals surface area contributed by atoms with Crippen LogP contribution in [-0.4, -0.2) is 16.6 Å². The first-order valence-electron chi connectivity index (χ1n) is 6.30. The van der Waals surface area contributed by atoms with E-state index in [1.807, 2.05) is 6.07 Å². The van der Waals surface area contributed by atoms with Gasteiger partial charge in [-0.3, -0.25) is 10.1 Å². The zero-order valence-corrected chi connectivity index (χ0v) is 10.3. The van der Waals surface area contributed by atoms with Gasteiger partial charge in [0.25, 0.3) is 5.69 Å². The number of nitrogens with zero attached hydrogens (tertiary/aromatic N) is 1. The minimum Gasteiger partial charge on any atom is -0.508 e. The number of nitro benzene ring substituents is 1. The van der Waals surface area contributed by atoms with E-state index >= 15 is 0 Å². The molecule has 0 amide bonds. The molecule has 0 bridgehead atoms. The lowest BCUT2D eigenvalue weighted by Crippen LogP contribution is -2.13. The highest BCUT2D eigenvalue weighted by Crippen LogP contribution is 2.36. The van der Waals surface area contributed by atoms with Gasteiger partial charge in [0, 0.05) is 12.1 Å². The number of hydrogen-bond donors (Lipinski definition) is 2. The molecular formula is C14H14N2O3. The molecule has 1 atom stereocenters. The summed E-state index contributed by atoms with van der Waals surface area (Å²) in [6, 6.07) is 8.38. The van der Waals surface area contributed by atoms with Crippen LogP contribution in [0.2, 0.25) is 0 Å². The van der Waals surface area contributed by atoms with E-state index in [2.05, 4.69) is 5.32 Å². The number of nitro groups is 1. The Labute approximate surface area is 110 Å². The van der Waals surface area contributed by atoms with Crippen molar-refractivity contribution in [3.8, 4) is 5.75 Å². The Hall–Kier alpha value is -2.14. The van der Waals surface area contributed by atoms with Crippen molar-refractivity contribution in [2.24, 2.45) is 0 Å². The molecule has 0 saturated carbocycles. The smallest absolute Gasteiger partial charge is 0.277 e. The van der Waals surface area contributed by atoms with Gasteiger partial charge in [-0.05, 0) is 48.5 Å². The number of fused-ring (bicyclic) bond motifs is 1. The second-order valence-electron chi connectivity index (χ2n) is 4.81. The molecule has 2 aromatic carbocycles. The zero-order valence-electron chi connectivity index (χ0n) is 10.3. The molecule has 5 nitrogen and oxygen atoms in total. The molecule has 1 aliphatic heterocycles. The molecule has 19 heavy (non-hydrogen) atoms. The third kappa shape index (κ3) is 2.02. The van der Waals surface area contributed by atoms with Crippen molar-refractivity contribution in [3.63, 3.8) is 0 Å². The summed E-state index contributed by atoms with van der Waals surface area (Å²) >= 11 is 0. The summed E-state index contributed by atoms with van der Waals surface area (Å²) in [5.41, 5.74) is 1.10. The van der Waals surface area contributed by atoms with E-state index < -0.39 is 4.92 Å². The molecule has 0 spiro atoms. The number of aromatic hydroxyl groups is 1. The topological polar surface area (TPSA) is 75.4 Å². The average molecular weight is 258 g/mol. The van der Waals surface area contributed by atoms with E-state index in [0.29, 0.717) is 5.39 Å². The Morgan fingerprint density at radius 2 is 2.11 bits per heavy atom. The molecule has 1 aliphatic rings. The lowest BCUT2D eigenvalue weighted by molar-refractivity contribution is -0.383. The fourth-order valence-electron chi connectivity index (χ4n) is 2.76. The maximum absolute atomic E-state index is 11.1. The van der Waals surface area contributed by atoms with Crippen LogP contribution in [-0.2, 0) is 0 Å². The van der Waals surface area contributed by atoms with E-state index in [4.69, 9.17) is 0 Å². The molecule has 0 aromatic heterocycles. The molecular weight excluding hydrogens is 244 g/mol. The molecule has 5 heteroatoms. The molecule has 3 rings (SSSR count). The highest BCUT2D eigenvalue weighted by Gasteiger charge is 2.22. The van der Waals surface area contributed by atoms with Crippen molar-refractivity contribution in [1.82, 2.24) is 5.32 Å². The summed E-state index contributed by atoms with van der Waals surface area (Å²) in [5.74, 6) is 0.0483. The van der Waals surface area contributed by atoms with Gasteiger partial charge in [0.15, 0.2) is 0 Å². The molecule has 1 saturated heterocycles. The normalized spacial score (nSPS) is 18.8. The minimum absolute atomic E-state index is 0.0349. The first-order valence-corrected chi connectivity index (χ1v) is 6.30. The van der Waals surface area contributed by atoms with Crippen LogP contribution in [0.15, 0.2) is 30.3 Å². The van der Waals surface area contributed by atoms with Crippen LogP contribution < -0.4 is 5.32 Å². The number of non-ortho nitro benzene ring substituents is 1. The lowest BCUT2D eigenvalue weighted by atomic mass is 9.96. The summed E-state index contributed by atoms with van der Waals surface area (Å²) < 4.78 is 0. The molecule has 2 N–H and O–H groups in total. The van der Waals surface area contributed by atoms with Gasteiger partial charge < -0.3 is 10.4 Å². The monoisotopic (exact) mass is 258 g/mol. The highest BCUT2D eigenvalue weighted by atomic mass is 16.6. The van der Waals surface area contributed by atoms with Crippen LogP contribution in [0.1, 0.15) is 24.4 Å². The number of rotatable bonds is 2. The minimum atomic E-state index is -0.409. The Balaban J connectivity index is 2.25. The van der Waals surface area contributed by atoms with Gasteiger partial charge in [-0.2, -0.15) is 0 Å². The van der Waals surface area contributed by atoms with Crippen molar-refractivity contribution in [1.29, 1.82) is 0 Å². The molecule has 0 radical (unpaired) electrons. The van der Waals surface area contributed by atoms with E-state index in [0.717, 1.165) is 30.3 Å². The van der Waals surface area contributed by atoms with Gasteiger partial charge in [0.05, 0.1) is 10.3 Å². The van der Waals surface area contributed by atoms with E-state index in [9.17, 15) is 15.2 Å². The SMILES string of the molecule is O=[N+]([O-])c1ccc(C2CCCN2)c2ccc(O)cc12. The number of hydrogen-bond acceptors (Lipinski definition) is 4. The number of phenolic OH excluding ortho intramolecular Hbond substituents is 1. The molecule has 1 heterocycles. The van der Waals surface area contributed by atoms with Gasteiger partial charge in [0.2, 0.25) is 0 Å². The predicted octanol–water partition coefficient (Wildman–Crippen LogP) is 2.88. The maximum Gasteiger partial charge on any atom is 0.277 e. The van der Waals surface area contributed by atoms with Crippen molar-refractivity contribution in [2.75, 3.05) is 6.54 Å². The second kappa shape index (κ2) is 4.51. The van der Waals surface area contributed by atoms with Crippen LogP contribution in [0.5, 0.6) is 5.75 Å². The van der Waals surface area contributed by atoms with Gasteiger partial charge in [-0.1, -0.05) is 6.07 Å². The molecule has 1 unspecified atom stereocenters. The zero-order chi connectivity index (χ0) is 13.4. The lowest BCUT2D eigenvalue weighted by Gasteiger charge is -2.14. The van der Waals surface area contributed by atoms with Crippen LogP contribution in [0.4, 0.5) is 5.69 Å². The quantitative estimate of drug-likeness (QED) is 0.641. The predicted molar refractivity (Wildman–Crippen MR) is 72.2 cm³/mol. The summed E-state index contributed by atoms with van der Waals surface area (Å²) in [4.78, 5) is 10.7. The van der Waals surface area contributed by atoms with E-state index in [1.165, 1.54) is 12.1 Å². The summed E-state index contributed by atoms with van der Waals surface area (Å²) in [6.45, 7) is 0.973. The first kappa shape index (κ1) is 11.9. The summed E-state index contributed by atoms with van der Waals surface area (Å²) in [7, 11) is 0. The summed E-state index contributed by atoms with van der Waals surface area (Å²) in [5, 5.41) is 25.4. The molecule has 2 aromatic rings. The number of phenols is 1. The fraction of sp³-hybridized carbons (Fsp3) is 0.286. The van der Waals surface area contributed by atoms with Crippen molar-refractivity contribution in [3.05, 3.63) is 46.0 Å². The Kier molecular flexibility index (Phi) is 2.83. The second-order valence-corrected chi connectivity index (χ2v) is 4.81. The van der Waals surface area contributed by atoms with Gasteiger partial charge in [-0.15, -0.1) is 0 Å². The first-order chi connectivity index (χ1) is 9.16. The summed E-state index contributed by atoms with van der Waals surface area (Å²) in [6.07, 6.45) is 2.15. The van der Waals surface area contributed by atoms with Crippen LogP contribution >= 0.6 is 0 Å². The molecule has 1 fully saturated rings. The van der Waals surface area contributed by atoms with Crippen LogP contribution in [0.3, 0.4) is 0 Å². The van der Waals surface area contributed by atoms with E-state index in [-0.39, 0.29) is 17.5 Å². The number of benzene rings is 2. The maximum atomic E-state index is 11.1. The fourth-order valence-corrected chi connectivity index (χ4v) is 2.76. The van der Waals surface area contributed by atoms with Gasteiger partial charge in [0.1, 0.15) is 5.75 Å². The third-order valence-electron chi connectivity index (χ3n) is 3.64. The Morgan fingerprint density at radius 1 is 1.26 bits per heavy atom. The van der Waals surface area contributed by atoms with E-state index in [1.54, 1.807) is 12.1 Å². The van der Waals surface area contributed by atoms with Crippen molar-refractivity contribution >= 4 is 16.5 Å². The third-order valence-corrected chi connectivity index (χ3v) is 3.64. The molecule has 98 valence electrons. The largest absolute Gasteiger partial charge is 0.508 e. The molecule has 0 aliphatic carbocycles. The van der Waals surface area contributed by atoms with Gasteiger partial charge in [-0.25, -0.2) is 0 Å². The van der Waals surface area contributed by atoms with Crippen molar-refractivity contribution < 1.29 is 10.0 Å². The Morgan fingerprint density at radius 3 is 2.79 bits per heavy atom.